The number of rotatable bonds is 3. The number of hydrogen-bond donors (Lipinski definition) is 0. The van der Waals surface area contributed by atoms with Gasteiger partial charge in [0.15, 0.2) is 0 Å². The molecule has 0 aliphatic carbocycles. The normalized spacial score (nSPS) is 11.3. The van der Waals surface area contributed by atoms with Crippen LogP contribution >= 0.6 is 11.3 Å². The third-order valence-electron chi connectivity index (χ3n) is 7.95. The highest BCUT2D eigenvalue weighted by atomic mass is 32.1. The average Bonchev–Trinajstić information content (AvgIpc) is 3.62. The molecule has 0 amide bonds. The van der Waals surface area contributed by atoms with Crippen LogP contribution in [0.5, 0.6) is 0 Å². The van der Waals surface area contributed by atoms with Gasteiger partial charge in [0.25, 0.3) is 0 Å². The Morgan fingerprint density at radius 2 is 1.17 bits per heavy atom. The fourth-order valence-corrected chi connectivity index (χ4v) is 7.15. The number of fused-ring (bicyclic) bond motifs is 6. The molecule has 3 nitrogen and oxygen atoms in total. The lowest BCUT2D eigenvalue weighted by Crippen LogP contribution is -1.92. The van der Waals surface area contributed by atoms with E-state index in [4.69, 9.17) is 4.42 Å². The van der Waals surface area contributed by atoms with Crippen molar-refractivity contribution in [3.8, 4) is 45.5 Å². The molecule has 8 aromatic rings. The van der Waals surface area contributed by atoms with Gasteiger partial charge in [0, 0.05) is 36.5 Å². The fourth-order valence-electron chi connectivity index (χ4n) is 6.06. The van der Waals surface area contributed by atoms with Crippen LogP contribution in [0.15, 0.2) is 126 Å². The Morgan fingerprint density at radius 1 is 0.500 bits per heavy atom. The molecule has 0 N–H and O–H groups in total. The first-order valence-electron chi connectivity index (χ1n) is 13.6. The van der Waals surface area contributed by atoms with Gasteiger partial charge < -0.3 is 4.42 Å². The Hall–Kier alpha value is -5.68. The summed E-state index contributed by atoms with van der Waals surface area (Å²) >= 11 is 1.80. The minimum absolute atomic E-state index is 0.475. The smallest absolute Gasteiger partial charge is 0.136 e. The maximum absolute atomic E-state index is 10.0. The van der Waals surface area contributed by atoms with Crippen LogP contribution in [0.1, 0.15) is 11.1 Å². The van der Waals surface area contributed by atoms with Crippen molar-refractivity contribution in [1.82, 2.24) is 0 Å². The van der Waals surface area contributed by atoms with Crippen molar-refractivity contribution in [2.24, 2.45) is 0 Å². The van der Waals surface area contributed by atoms with Crippen molar-refractivity contribution < 1.29 is 4.42 Å². The fraction of sp³-hybridized carbons (Fsp3) is 0. The van der Waals surface area contributed by atoms with Gasteiger partial charge in [-0.05, 0) is 88.5 Å². The molecule has 0 unspecified atom stereocenters. The zero-order valence-electron chi connectivity index (χ0n) is 22.3. The quantitative estimate of drug-likeness (QED) is 0.219. The van der Waals surface area contributed by atoms with Crippen molar-refractivity contribution in [3.63, 3.8) is 0 Å². The highest BCUT2D eigenvalue weighted by molar-refractivity contribution is 7.25. The van der Waals surface area contributed by atoms with Crippen molar-refractivity contribution in [3.05, 3.63) is 132 Å². The SMILES string of the molecule is N#Cc1cccc(C#N)c1-c1cc(-c2ccc3sc4ccccc4c3c2)cc(-c2cccc3oc4ccccc4c23)c1. The Bertz CT molecular complexity index is 2420. The second-order valence-corrected chi connectivity index (χ2v) is 11.4. The minimum atomic E-state index is 0.475. The zero-order chi connectivity index (χ0) is 28.2. The summed E-state index contributed by atoms with van der Waals surface area (Å²) in [5.74, 6) is 0. The molecule has 0 bridgehead atoms. The predicted molar refractivity (Wildman–Crippen MR) is 172 cm³/mol. The monoisotopic (exact) mass is 552 g/mol. The molecule has 0 radical (unpaired) electrons. The van der Waals surface area contributed by atoms with Gasteiger partial charge in [-0.2, -0.15) is 10.5 Å². The number of thiophene rings is 1. The summed E-state index contributed by atoms with van der Waals surface area (Å²) in [4.78, 5) is 0. The number of para-hydroxylation sites is 1. The standard InChI is InChI=1S/C38H20N2OS/c39-21-24-7-5-8-25(22-40)37(24)28-18-26(23-15-16-36-32(20-23)30-9-2-4-14-35(30)42-36)17-27(19-28)29-11-6-13-34-38(29)31-10-1-3-12-33(31)41-34/h1-20H. The lowest BCUT2D eigenvalue weighted by atomic mass is 9.88. The summed E-state index contributed by atoms with van der Waals surface area (Å²) in [6, 6.07) is 45.7. The maximum atomic E-state index is 10.0. The van der Waals surface area contributed by atoms with Crippen molar-refractivity contribution in [2.75, 3.05) is 0 Å². The van der Waals surface area contributed by atoms with E-state index in [1.54, 1.807) is 29.5 Å². The molecule has 0 aliphatic rings. The number of nitriles is 2. The first-order valence-corrected chi connectivity index (χ1v) is 14.4. The van der Waals surface area contributed by atoms with Gasteiger partial charge in [-0.3, -0.25) is 0 Å². The van der Waals surface area contributed by atoms with E-state index in [1.807, 2.05) is 30.3 Å². The average molecular weight is 553 g/mol. The molecule has 6 aromatic carbocycles. The van der Waals surface area contributed by atoms with Crippen LogP contribution in [-0.2, 0) is 0 Å². The minimum Gasteiger partial charge on any atom is -0.456 e. The van der Waals surface area contributed by atoms with Crippen molar-refractivity contribution in [2.45, 2.75) is 0 Å². The Balaban J connectivity index is 1.45. The summed E-state index contributed by atoms with van der Waals surface area (Å²) in [5.41, 5.74) is 8.21. The van der Waals surface area contributed by atoms with Gasteiger partial charge in [-0.25, -0.2) is 0 Å². The first-order chi connectivity index (χ1) is 20.7. The molecule has 0 saturated heterocycles. The largest absolute Gasteiger partial charge is 0.456 e. The first kappa shape index (κ1) is 24.1. The molecule has 2 aromatic heterocycles. The molecule has 0 fully saturated rings. The van der Waals surface area contributed by atoms with Gasteiger partial charge in [0.2, 0.25) is 0 Å². The number of hydrogen-bond acceptors (Lipinski definition) is 4. The zero-order valence-corrected chi connectivity index (χ0v) is 23.1. The van der Waals surface area contributed by atoms with E-state index in [-0.39, 0.29) is 0 Å². The summed E-state index contributed by atoms with van der Waals surface area (Å²) in [7, 11) is 0. The molecule has 42 heavy (non-hydrogen) atoms. The lowest BCUT2D eigenvalue weighted by Gasteiger charge is -2.14. The molecular weight excluding hydrogens is 532 g/mol. The van der Waals surface area contributed by atoms with Crippen LogP contribution in [0, 0.1) is 22.7 Å². The molecule has 8 rings (SSSR count). The van der Waals surface area contributed by atoms with Crippen LogP contribution in [0.25, 0.3) is 75.5 Å². The highest BCUT2D eigenvalue weighted by Gasteiger charge is 2.18. The second kappa shape index (κ2) is 9.46. The Labute approximate surface area is 245 Å². The molecular formula is C38H20N2OS. The van der Waals surface area contributed by atoms with E-state index in [2.05, 4.69) is 84.9 Å². The van der Waals surface area contributed by atoms with Gasteiger partial charge in [0.05, 0.1) is 23.3 Å². The maximum Gasteiger partial charge on any atom is 0.136 e. The molecule has 0 aliphatic heterocycles. The number of nitrogens with zero attached hydrogens (tertiary/aromatic N) is 2. The Kier molecular flexibility index (Phi) is 5.44. The molecule has 2 heterocycles. The van der Waals surface area contributed by atoms with E-state index in [1.165, 1.54) is 20.2 Å². The number of furan rings is 1. The second-order valence-electron chi connectivity index (χ2n) is 10.3. The van der Waals surface area contributed by atoms with E-state index < -0.39 is 0 Å². The van der Waals surface area contributed by atoms with E-state index >= 15 is 0 Å². The third kappa shape index (κ3) is 3.71. The molecule has 0 atom stereocenters. The Morgan fingerprint density at radius 3 is 2.00 bits per heavy atom. The van der Waals surface area contributed by atoms with Gasteiger partial charge in [-0.1, -0.05) is 60.7 Å². The molecule has 194 valence electrons. The summed E-state index contributed by atoms with van der Waals surface area (Å²) in [5, 5.41) is 24.6. The van der Waals surface area contributed by atoms with Gasteiger partial charge in [-0.15, -0.1) is 11.3 Å². The highest BCUT2D eigenvalue weighted by Crippen LogP contribution is 2.42. The topological polar surface area (TPSA) is 60.7 Å². The predicted octanol–water partition coefficient (Wildman–Crippen LogP) is 10.7. The lowest BCUT2D eigenvalue weighted by molar-refractivity contribution is 0.669. The van der Waals surface area contributed by atoms with Crippen LogP contribution in [-0.4, -0.2) is 0 Å². The van der Waals surface area contributed by atoms with Crippen LogP contribution in [0.2, 0.25) is 0 Å². The van der Waals surface area contributed by atoms with E-state index in [9.17, 15) is 10.5 Å². The van der Waals surface area contributed by atoms with Crippen LogP contribution < -0.4 is 0 Å². The summed E-state index contributed by atoms with van der Waals surface area (Å²) in [6.07, 6.45) is 0. The van der Waals surface area contributed by atoms with Crippen LogP contribution in [0.3, 0.4) is 0 Å². The third-order valence-corrected chi connectivity index (χ3v) is 9.10. The number of benzene rings is 6. The summed E-state index contributed by atoms with van der Waals surface area (Å²) < 4.78 is 8.72. The molecule has 4 heteroatoms. The van der Waals surface area contributed by atoms with E-state index in [0.717, 1.165) is 49.8 Å². The van der Waals surface area contributed by atoms with Crippen molar-refractivity contribution in [1.29, 1.82) is 10.5 Å². The van der Waals surface area contributed by atoms with Gasteiger partial charge in [0.1, 0.15) is 11.2 Å². The van der Waals surface area contributed by atoms with Gasteiger partial charge >= 0.3 is 0 Å². The molecule has 0 spiro atoms. The molecule has 0 saturated carbocycles. The van der Waals surface area contributed by atoms with Crippen molar-refractivity contribution >= 4 is 53.4 Å². The van der Waals surface area contributed by atoms with E-state index in [0.29, 0.717) is 16.7 Å². The summed E-state index contributed by atoms with van der Waals surface area (Å²) in [6.45, 7) is 0. The van der Waals surface area contributed by atoms with Crippen LogP contribution in [0.4, 0.5) is 0 Å².